The molecule has 2 rings (SSSR count). The summed E-state index contributed by atoms with van der Waals surface area (Å²) in [5.74, 6) is 0. The summed E-state index contributed by atoms with van der Waals surface area (Å²) in [5.41, 5.74) is 0.304. The van der Waals surface area contributed by atoms with E-state index in [-0.39, 0.29) is 0 Å². The summed E-state index contributed by atoms with van der Waals surface area (Å²) in [6.45, 7) is 6.48. The minimum absolute atomic E-state index is 0.304. The Morgan fingerprint density at radius 3 is 2.71 bits per heavy atom. The van der Waals surface area contributed by atoms with Gasteiger partial charge in [-0.1, -0.05) is 44.4 Å². The van der Waals surface area contributed by atoms with Crippen LogP contribution in [-0.4, -0.2) is 16.7 Å². The SMILES string of the molecule is CCCNCc1nnc(C2(C)CCCCC2)s1. The van der Waals surface area contributed by atoms with Crippen LogP contribution in [0.5, 0.6) is 0 Å². The summed E-state index contributed by atoms with van der Waals surface area (Å²) in [4.78, 5) is 0. The number of hydrogen-bond donors (Lipinski definition) is 1. The van der Waals surface area contributed by atoms with Crippen molar-refractivity contribution < 1.29 is 0 Å². The number of hydrogen-bond acceptors (Lipinski definition) is 4. The molecule has 1 aliphatic carbocycles. The Hall–Kier alpha value is -0.480. The second-order valence-electron chi connectivity index (χ2n) is 5.30. The van der Waals surface area contributed by atoms with Gasteiger partial charge in [-0.25, -0.2) is 0 Å². The molecule has 1 N–H and O–H groups in total. The first-order chi connectivity index (χ1) is 8.24. The summed E-state index contributed by atoms with van der Waals surface area (Å²) < 4.78 is 0. The molecular formula is C13H23N3S. The number of nitrogens with one attached hydrogen (secondary N) is 1. The van der Waals surface area contributed by atoms with Crippen LogP contribution in [0.3, 0.4) is 0 Å². The van der Waals surface area contributed by atoms with Gasteiger partial charge in [0.15, 0.2) is 0 Å². The van der Waals surface area contributed by atoms with Gasteiger partial charge < -0.3 is 5.32 Å². The van der Waals surface area contributed by atoms with Crippen molar-refractivity contribution in [2.75, 3.05) is 6.54 Å². The molecule has 0 aliphatic heterocycles. The van der Waals surface area contributed by atoms with Crippen molar-refractivity contribution in [2.45, 2.75) is 64.3 Å². The molecule has 0 radical (unpaired) electrons. The van der Waals surface area contributed by atoms with Crippen LogP contribution in [0, 0.1) is 0 Å². The zero-order chi connectivity index (χ0) is 12.1. The Balaban J connectivity index is 1.96. The molecule has 0 amide bonds. The number of rotatable bonds is 5. The van der Waals surface area contributed by atoms with Crippen molar-refractivity contribution in [2.24, 2.45) is 0 Å². The molecule has 1 aliphatic rings. The van der Waals surface area contributed by atoms with Gasteiger partial charge in [0.1, 0.15) is 10.0 Å². The first-order valence-electron chi connectivity index (χ1n) is 6.78. The van der Waals surface area contributed by atoms with E-state index in [0.29, 0.717) is 5.41 Å². The molecular weight excluding hydrogens is 230 g/mol. The second-order valence-corrected chi connectivity index (χ2v) is 6.36. The monoisotopic (exact) mass is 253 g/mol. The fraction of sp³-hybridized carbons (Fsp3) is 0.846. The van der Waals surface area contributed by atoms with Gasteiger partial charge in [0.25, 0.3) is 0 Å². The van der Waals surface area contributed by atoms with Gasteiger partial charge in [-0.3, -0.25) is 0 Å². The zero-order valence-corrected chi connectivity index (χ0v) is 11.8. The zero-order valence-electron chi connectivity index (χ0n) is 11.0. The highest BCUT2D eigenvalue weighted by Crippen LogP contribution is 2.39. The molecule has 0 spiro atoms. The van der Waals surface area contributed by atoms with Crippen molar-refractivity contribution in [3.63, 3.8) is 0 Å². The summed E-state index contributed by atoms with van der Waals surface area (Å²) in [6, 6.07) is 0. The van der Waals surface area contributed by atoms with E-state index >= 15 is 0 Å². The van der Waals surface area contributed by atoms with E-state index in [2.05, 4.69) is 29.4 Å². The number of aromatic nitrogens is 2. The Morgan fingerprint density at radius 2 is 2.00 bits per heavy atom. The van der Waals surface area contributed by atoms with Gasteiger partial charge >= 0.3 is 0 Å². The summed E-state index contributed by atoms with van der Waals surface area (Å²) in [6.07, 6.45) is 7.82. The minimum atomic E-state index is 0.304. The predicted octanol–water partition coefficient (Wildman–Crippen LogP) is 3.26. The van der Waals surface area contributed by atoms with Crippen molar-refractivity contribution in [1.82, 2.24) is 15.5 Å². The van der Waals surface area contributed by atoms with Crippen LogP contribution < -0.4 is 5.32 Å². The minimum Gasteiger partial charge on any atom is -0.310 e. The lowest BCUT2D eigenvalue weighted by Gasteiger charge is -2.30. The van der Waals surface area contributed by atoms with Gasteiger partial charge in [0.2, 0.25) is 0 Å². The molecule has 3 nitrogen and oxygen atoms in total. The molecule has 1 aromatic heterocycles. The first kappa shape index (κ1) is 13.0. The highest BCUT2D eigenvalue weighted by Gasteiger charge is 2.32. The average Bonchev–Trinajstić information content (AvgIpc) is 2.80. The van der Waals surface area contributed by atoms with Crippen LogP contribution in [-0.2, 0) is 12.0 Å². The van der Waals surface area contributed by atoms with Crippen LogP contribution in [0.15, 0.2) is 0 Å². The Bertz CT molecular complexity index is 342. The van der Waals surface area contributed by atoms with Gasteiger partial charge in [0, 0.05) is 12.0 Å². The quantitative estimate of drug-likeness (QED) is 0.819. The van der Waals surface area contributed by atoms with E-state index in [1.54, 1.807) is 11.3 Å². The van der Waals surface area contributed by atoms with Crippen LogP contribution in [0.25, 0.3) is 0 Å². The highest BCUT2D eigenvalue weighted by molar-refractivity contribution is 7.11. The summed E-state index contributed by atoms with van der Waals surface area (Å²) >= 11 is 1.80. The maximum atomic E-state index is 4.42. The maximum absolute atomic E-state index is 4.42. The molecule has 0 atom stereocenters. The summed E-state index contributed by atoms with van der Waals surface area (Å²) in [7, 11) is 0. The van der Waals surface area contributed by atoms with Crippen LogP contribution >= 0.6 is 11.3 Å². The van der Waals surface area contributed by atoms with Gasteiger partial charge in [-0.15, -0.1) is 10.2 Å². The van der Waals surface area contributed by atoms with E-state index in [4.69, 9.17) is 0 Å². The van der Waals surface area contributed by atoms with Gasteiger partial charge in [0.05, 0.1) is 0 Å². The molecule has 0 bridgehead atoms. The molecule has 0 unspecified atom stereocenters. The second kappa shape index (κ2) is 5.91. The fourth-order valence-electron chi connectivity index (χ4n) is 2.49. The van der Waals surface area contributed by atoms with Gasteiger partial charge in [-0.2, -0.15) is 0 Å². The molecule has 1 saturated carbocycles. The Morgan fingerprint density at radius 1 is 1.24 bits per heavy atom. The van der Waals surface area contributed by atoms with E-state index in [1.807, 2.05) is 0 Å². The largest absolute Gasteiger partial charge is 0.310 e. The lowest BCUT2D eigenvalue weighted by molar-refractivity contribution is 0.317. The van der Waals surface area contributed by atoms with Crippen LogP contribution in [0.4, 0.5) is 0 Å². The molecule has 17 heavy (non-hydrogen) atoms. The molecule has 0 saturated heterocycles. The smallest absolute Gasteiger partial charge is 0.131 e. The van der Waals surface area contributed by atoms with Crippen molar-refractivity contribution in [3.8, 4) is 0 Å². The normalized spacial score (nSPS) is 19.4. The lowest BCUT2D eigenvalue weighted by atomic mass is 9.76. The number of nitrogens with zero attached hydrogens (tertiary/aromatic N) is 2. The highest BCUT2D eigenvalue weighted by atomic mass is 32.1. The van der Waals surface area contributed by atoms with Crippen molar-refractivity contribution in [3.05, 3.63) is 10.0 Å². The third-order valence-corrected chi connectivity index (χ3v) is 4.87. The van der Waals surface area contributed by atoms with Crippen molar-refractivity contribution >= 4 is 11.3 Å². The van der Waals surface area contributed by atoms with E-state index < -0.39 is 0 Å². The molecule has 1 heterocycles. The standard InChI is InChI=1S/C13H23N3S/c1-3-9-14-10-11-15-16-12(17-11)13(2)7-5-4-6-8-13/h14H,3-10H2,1-2H3. The summed E-state index contributed by atoms with van der Waals surface area (Å²) in [5, 5.41) is 14.5. The first-order valence-corrected chi connectivity index (χ1v) is 7.60. The average molecular weight is 253 g/mol. The van der Waals surface area contributed by atoms with E-state index in [9.17, 15) is 0 Å². The van der Waals surface area contributed by atoms with Crippen LogP contribution in [0.2, 0.25) is 0 Å². The Kier molecular flexibility index (Phi) is 4.51. The predicted molar refractivity (Wildman–Crippen MR) is 72.3 cm³/mol. The van der Waals surface area contributed by atoms with Crippen LogP contribution in [0.1, 0.15) is 62.4 Å². The molecule has 1 aromatic rings. The maximum Gasteiger partial charge on any atom is 0.131 e. The lowest BCUT2D eigenvalue weighted by Crippen LogP contribution is -2.24. The Labute approximate surface area is 108 Å². The van der Waals surface area contributed by atoms with E-state index in [0.717, 1.165) is 18.1 Å². The van der Waals surface area contributed by atoms with Gasteiger partial charge in [-0.05, 0) is 25.8 Å². The third-order valence-electron chi connectivity index (χ3n) is 3.64. The van der Waals surface area contributed by atoms with Crippen molar-refractivity contribution in [1.29, 1.82) is 0 Å². The molecule has 0 aromatic carbocycles. The fourth-order valence-corrected chi connectivity index (χ4v) is 3.50. The molecule has 96 valence electrons. The molecule has 1 fully saturated rings. The third kappa shape index (κ3) is 3.26. The molecule has 4 heteroatoms. The topological polar surface area (TPSA) is 37.8 Å². The van der Waals surface area contributed by atoms with E-state index in [1.165, 1.54) is 43.5 Å².